The van der Waals surface area contributed by atoms with E-state index in [1.54, 1.807) is 22.9 Å². The van der Waals surface area contributed by atoms with Gasteiger partial charge in [-0.25, -0.2) is 4.98 Å². The van der Waals surface area contributed by atoms with Crippen molar-refractivity contribution in [2.24, 2.45) is 0 Å². The molecule has 1 aromatic heterocycles. The fourth-order valence-electron chi connectivity index (χ4n) is 2.74. The topological polar surface area (TPSA) is 81.2 Å². The van der Waals surface area contributed by atoms with Crippen molar-refractivity contribution in [1.82, 2.24) is 9.55 Å². The van der Waals surface area contributed by atoms with Crippen molar-refractivity contribution in [3.63, 3.8) is 0 Å². The molecule has 1 aromatic carbocycles. The molecule has 7 heteroatoms. The van der Waals surface area contributed by atoms with Crippen LogP contribution in [0.1, 0.15) is 19.4 Å². The number of rotatable bonds is 3. The first-order chi connectivity index (χ1) is 9.93. The van der Waals surface area contributed by atoms with E-state index in [9.17, 15) is 8.42 Å². The number of aromatic nitrogens is 2. The minimum absolute atomic E-state index is 0.0841. The molecule has 6 nitrogen and oxygen atoms in total. The maximum absolute atomic E-state index is 12.8. The largest absolute Gasteiger partial charge is 0.399 e. The summed E-state index contributed by atoms with van der Waals surface area (Å²) < 4.78 is 28.9. The van der Waals surface area contributed by atoms with E-state index < -0.39 is 10.0 Å². The molecule has 0 bridgehead atoms. The number of imidazole rings is 1. The second-order valence-electron chi connectivity index (χ2n) is 5.28. The zero-order valence-corrected chi connectivity index (χ0v) is 12.8. The number of anilines is 2. The van der Waals surface area contributed by atoms with Gasteiger partial charge in [-0.15, -0.1) is 0 Å². The van der Waals surface area contributed by atoms with Crippen LogP contribution in [0.5, 0.6) is 0 Å². The Bertz CT molecular complexity index is 782. The molecule has 3 rings (SSSR count). The number of nitrogens with zero attached hydrogens (tertiary/aromatic N) is 3. The average molecular weight is 306 g/mol. The van der Waals surface area contributed by atoms with Crippen LogP contribution in [0.4, 0.5) is 11.4 Å². The lowest BCUT2D eigenvalue weighted by Gasteiger charge is -2.23. The molecule has 0 radical (unpaired) electrons. The second-order valence-corrected chi connectivity index (χ2v) is 7.05. The highest BCUT2D eigenvalue weighted by atomic mass is 32.2. The SMILES string of the molecule is CCn1cnc(S(=O)(=O)N2c3ccc(N)cc3CC2C)c1. The molecule has 0 saturated heterocycles. The Labute approximate surface area is 124 Å². The van der Waals surface area contributed by atoms with Gasteiger partial charge in [-0.1, -0.05) is 0 Å². The minimum atomic E-state index is -3.64. The molecule has 1 unspecified atom stereocenters. The van der Waals surface area contributed by atoms with Crippen molar-refractivity contribution < 1.29 is 8.42 Å². The first-order valence-electron chi connectivity index (χ1n) is 6.88. The Morgan fingerprint density at radius 3 is 2.86 bits per heavy atom. The van der Waals surface area contributed by atoms with Crippen LogP contribution >= 0.6 is 0 Å². The van der Waals surface area contributed by atoms with Gasteiger partial charge in [0, 0.05) is 24.5 Å². The van der Waals surface area contributed by atoms with Crippen LogP contribution in [0.25, 0.3) is 0 Å². The van der Waals surface area contributed by atoms with E-state index >= 15 is 0 Å². The summed E-state index contributed by atoms with van der Waals surface area (Å²) in [4.78, 5) is 4.04. The van der Waals surface area contributed by atoms with Crippen molar-refractivity contribution in [1.29, 1.82) is 0 Å². The Hall–Kier alpha value is -2.02. The summed E-state index contributed by atoms with van der Waals surface area (Å²) >= 11 is 0. The van der Waals surface area contributed by atoms with Crippen molar-refractivity contribution in [3.05, 3.63) is 36.3 Å². The number of benzene rings is 1. The second kappa shape index (κ2) is 4.77. The fourth-order valence-corrected chi connectivity index (χ4v) is 4.37. The zero-order chi connectivity index (χ0) is 15.2. The third-order valence-electron chi connectivity index (χ3n) is 3.75. The maximum atomic E-state index is 12.8. The summed E-state index contributed by atoms with van der Waals surface area (Å²) in [5.74, 6) is 0. The smallest absolute Gasteiger partial charge is 0.283 e. The predicted molar refractivity (Wildman–Crippen MR) is 81.6 cm³/mol. The quantitative estimate of drug-likeness (QED) is 0.874. The lowest BCUT2D eigenvalue weighted by atomic mass is 10.1. The first-order valence-corrected chi connectivity index (χ1v) is 8.32. The number of fused-ring (bicyclic) bond motifs is 1. The fraction of sp³-hybridized carbons (Fsp3) is 0.357. The lowest BCUT2D eigenvalue weighted by Crippen LogP contribution is -2.35. The van der Waals surface area contributed by atoms with E-state index in [1.807, 2.05) is 19.9 Å². The normalized spacial score (nSPS) is 18.0. The van der Waals surface area contributed by atoms with Crippen LogP contribution in [0, 0.1) is 0 Å². The maximum Gasteiger partial charge on any atom is 0.283 e. The summed E-state index contributed by atoms with van der Waals surface area (Å²) in [6.07, 6.45) is 3.77. The van der Waals surface area contributed by atoms with E-state index in [2.05, 4.69) is 4.98 Å². The van der Waals surface area contributed by atoms with Crippen LogP contribution in [0.3, 0.4) is 0 Å². The number of nitrogens with two attached hydrogens (primary N) is 1. The average Bonchev–Trinajstić information content (AvgIpc) is 3.01. The Morgan fingerprint density at radius 2 is 2.19 bits per heavy atom. The van der Waals surface area contributed by atoms with Crippen LogP contribution in [0.2, 0.25) is 0 Å². The van der Waals surface area contributed by atoms with E-state index in [0.717, 1.165) is 5.56 Å². The van der Waals surface area contributed by atoms with E-state index in [0.29, 0.717) is 24.3 Å². The van der Waals surface area contributed by atoms with Gasteiger partial charge < -0.3 is 10.3 Å². The molecule has 0 fully saturated rings. The number of sulfonamides is 1. The molecule has 2 N–H and O–H groups in total. The standard InChI is InChI=1S/C14H18N4O2S/c1-3-17-8-14(16-9-17)21(19,20)18-10(2)6-11-7-12(15)4-5-13(11)18/h4-5,7-10H,3,6,15H2,1-2H3. The Morgan fingerprint density at radius 1 is 1.43 bits per heavy atom. The summed E-state index contributed by atoms with van der Waals surface area (Å²) in [6.45, 7) is 4.52. The summed E-state index contributed by atoms with van der Waals surface area (Å²) in [6, 6.07) is 5.19. The van der Waals surface area contributed by atoms with Gasteiger partial charge in [-0.2, -0.15) is 8.42 Å². The molecular weight excluding hydrogens is 288 g/mol. The highest BCUT2D eigenvalue weighted by Crippen LogP contribution is 2.37. The van der Waals surface area contributed by atoms with E-state index in [-0.39, 0.29) is 11.1 Å². The van der Waals surface area contributed by atoms with Crippen LogP contribution in [0.15, 0.2) is 35.7 Å². The summed E-state index contributed by atoms with van der Waals surface area (Å²) in [7, 11) is -3.64. The number of hydrogen-bond donors (Lipinski definition) is 1. The molecule has 0 saturated carbocycles. The van der Waals surface area contributed by atoms with Gasteiger partial charge in [-0.3, -0.25) is 4.31 Å². The molecule has 1 aliphatic rings. The van der Waals surface area contributed by atoms with Crippen molar-refractivity contribution >= 4 is 21.4 Å². The van der Waals surface area contributed by atoms with Gasteiger partial charge in [0.1, 0.15) is 0 Å². The van der Waals surface area contributed by atoms with Gasteiger partial charge in [0.25, 0.3) is 10.0 Å². The molecular formula is C14H18N4O2S. The van der Waals surface area contributed by atoms with Crippen LogP contribution in [-0.2, 0) is 23.0 Å². The first kappa shape index (κ1) is 13.9. The Balaban J connectivity index is 2.07. The summed E-state index contributed by atoms with van der Waals surface area (Å²) in [5, 5.41) is 0.0841. The molecule has 1 atom stereocenters. The van der Waals surface area contributed by atoms with Gasteiger partial charge in [-0.05, 0) is 44.0 Å². The molecule has 0 spiro atoms. The molecule has 1 aliphatic heterocycles. The van der Waals surface area contributed by atoms with Gasteiger partial charge >= 0.3 is 0 Å². The monoisotopic (exact) mass is 306 g/mol. The molecule has 2 aromatic rings. The van der Waals surface area contributed by atoms with Crippen molar-refractivity contribution in [3.8, 4) is 0 Å². The number of aryl methyl sites for hydroxylation is 1. The number of hydrogen-bond acceptors (Lipinski definition) is 4. The van der Waals surface area contributed by atoms with Crippen molar-refractivity contribution in [2.45, 2.75) is 37.9 Å². The highest BCUT2D eigenvalue weighted by Gasteiger charge is 2.37. The van der Waals surface area contributed by atoms with Gasteiger partial charge in [0.2, 0.25) is 0 Å². The Kier molecular flexibility index (Phi) is 3.16. The summed E-state index contributed by atoms with van der Waals surface area (Å²) in [5.41, 5.74) is 8.08. The third-order valence-corrected chi connectivity index (χ3v) is 5.57. The zero-order valence-electron chi connectivity index (χ0n) is 12.0. The minimum Gasteiger partial charge on any atom is -0.399 e. The molecule has 112 valence electrons. The predicted octanol–water partition coefficient (Wildman–Crippen LogP) is 1.63. The van der Waals surface area contributed by atoms with Crippen molar-refractivity contribution in [2.75, 3.05) is 10.0 Å². The van der Waals surface area contributed by atoms with E-state index in [1.165, 1.54) is 10.6 Å². The molecule has 2 heterocycles. The molecule has 0 amide bonds. The third kappa shape index (κ3) is 2.17. The van der Waals surface area contributed by atoms with Crippen LogP contribution in [-0.4, -0.2) is 24.0 Å². The van der Waals surface area contributed by atoms with Gasteiger partial charge in [0.05, 0.1) is 12.0 Å². The number of nitrogen functional groups attached to an aromatic ring is 1. The highest BCUT2D eigenvalue weighted by molar-refractivity contribution is 7.92. The molecule has 21 heavy (non-hydrogen) atoms. The lowest BCUT2D eigenvalue weighted by molar-refractivity contribution is 0.581. The molecule has 0 aliphatic carbocycles. The van der Waals surface area contributed by atoms with Crippen LogP contribution < -0.4 is 10.0 Å². The van der Waals surface area contributed by atoms with E-state index in [4.69, 9.17) is 5.73 Å². The van der Waals surface area contributed by atoms with Gasteiger partial charge in [0.15, 0.2) is 5.03 Å².